The summed E-state index contributed by atoms with van der Waals surface area (Å²) in [6, 6.07) is 0. The van der Waals surface area contributed by atoms with Crippen molar-refractivity contribution in [1.29, 1.82) is 0 Å². The lowest BCUT2D eigenvalue weighted by Gasteiger charge is -2.35. The Kier molecular flexibility index (Phi) is 15.4. The molecule has 0 N–H and O–H groups in total. The number of epoxide rings is 1. The molecule has 0 amide bonds. The quantitative estimate of drug-likeness (QED) is 0.125. The van der Waals surface area contributed by atoms with E-state index >= 15 is 0 Å². The summed E-state index contributed by atoms with van der Waals surface area (Å²) in [5.41, 5.74) is 0. The average molecular weight is 401 g/mol. The van der Waals surface area contributed by atoms with Gasteiger partial charge in [0, 0.05) is 26.7 Å². The number of hydrogen-bond acceptors (Lipinski definition) is 4. The minimum Gasteiger partial charge on any atom is -0.379 e. The van der Waals surface area contributed by atoms with Crippen LogP contribution in [0.3, 0.4) is 0 Å². The van der Waals surface area contributed by atoms with Gasteiger partial charge >= 0.3 is 0 Å². The van der Waals surface area contributed by atoms with Gasteiger partial charge in [0.25, 0.3) is 0 Å². The lowest BCUT2D eigenvalue weighted by Crippen LogP contribution is -2.39. The maximum atomic E-state index is 5.75. The van der Waals surface area contributed by atoms with Gasteiger partial charge in [-0.1, -0.05) is 77.6 Å². The van der Waals surface area contributed by atoms with Crippen molar-refractivity contribution in [2.45, 2.75) is 116 Å². The first-order valence-corrected chi connectivity index (χ1v) is 12.0. The molecule has 1 aliphatic rings. The molecule has 1 saturated heterocycles. The summed E-state index contributed by atoms with van der Waals surface area (Å²) in [5.74, 6) is 0.0539. The van der Waals surface area contributed by atoms with Crippen LogP contribution in [0.5, 0.6) is 0 Å². The third kappa shape index (κ3) is 12.4. The number of hydrogen-bond donors (Lipinski definition) is 0. The summed E-state index contributed by atoms with van der Waals surface area (Å²) in [5, 5.41) is 0. The second kappa shape index (κ2) is 16.6. The maximum absolute atomic E-state index is 5.75. The summed E-state index contributed by atoms with van der Waals surface area (Å²) in [7, 11) is 3.57. The van der Waals surface area contributed by atoms with Crippen LogP contribution in [0.4, 0.5) is 0 Å². The average Bonchev–Trinajstić information content (AvgIpc) is 3.54. The first-order chi connectivity index (χ1) is 13.7. The Morgan fingerprint density at radius 2 is 1.32 bits per heavy atom. The van der Waals surface area contributed by atoms with Gasteiger partial charge in [-0.15, -0.1) is 0 Å². The molecule has 0 spiro atoms. The third-order valence-electron chi connectivity index (χ3n) is 6.26. The molecule has 0 bridgehead atoms. The summed E-state index contributed by atoms with van der Waals surface area (Å²) in [4.78, 5) is 0. The van der Waals surface area contributed by atoms with E-state index in [1.165, 1.54) is 89.9 Å². The minimum atomic E-state index is -0.438. The van der Waals surface area contributed by atoms with Crippen LogP contribution in [0, 0.1) is 5.92 Å². The largest absolute Gasteiger partial charge is 0.379 e. The van der Waals surface area contributed by atoms with Crippen LogP contribution in [0.2, 0.25) is 0 Å². The maximum Gasteiger partial charge on any atom is 0.167 e. The molecule has 0 saturated carbocycles. The van der Waals surface area contributed by atoms with Gasteiger partial charge in [-0.3, -0.25) is 0 Å². The molecule has 2 unspecified atom stereocenters. The van der Waals surface area contributed by atoms with E-state index in [0.717, 1.165) is 19.8 Å². The Hall–Kier alpha value is -0.160. The Bertz CT molecular complexity index is 339. The number of methoxy groups -OCH3 is 2. The fourth-order valence-electron chi connectivity index (χ4n) is 3.94. The monoisotopic (exact) mass is 400 g/mol. The predicted octanol–water partition coefficient (Wildman–Crippen LogP) is 6.51. The number of rotatable bonds is 21. The molecular weight excluding hydrogens is 352 g/mol. The van der Waals surface area contributed by atoms with Gasteiger partial charge in [-0.05, 0) is 26.2 Å². The van der Waals surface area contributed by atoms with Crippen LogP contribution in [-0.4, -0.2) is 45.9 Å². The van der Waals surface area contributed by atoms with Crippen molar-refractivity contribution in [3.63, 3.8) is 0 Å². The lowest BCUT2D eigenvalue weighted by molar-refractivity contribution is -0.230. The first kappa shape index (κ1) is 25.9. The van der Waals surface area contributed by atoms with Gasteiger partial charge in [-0.2, -0.15) is 0 Å². The Morgan fingerprint density at radius 1 is 0.821 bits per heavy atom. The van der Waals surface area contributed by atoms with Crippen molar-refractivity contribution in [2.75, 3.05) is 34.0 Å². The van der Waals surface area contributed by atoms with Crippen molar-refractivity contribution in [1.82, 2.24) is 0 Å². The highest BCUT2D eigenvalue weighted by atomic mass is 16.7. The van der Waals surface area contributed by atoms with Gasteiger partial charge in [-0.25, -0.2) is 0 Å². The third-order valence-corrected chi connectivity index (χ3v) is 6.26. The molecule has 1 rings (SSSR count). The molecule has 1 fully saturated rings. The zero-order chi connectivity index (χ0) is 20.5. The fraction of sp³-hybridized carbons (Fsp3) is 1.00. The van der Waals surface area contributed by atoms with Crippen molar-refractivity contribution < 1.29 is 18.9 Å². The molecule has 168 valence electrons. The van der Waals surface area contributed by atoms with E-state index in [9.17, 15) is 0 Å². The Morgan fingerprint density at radius 3 is 1.82 bits per heavy atom. The molecule has 0 aromatic rings. The standard InChI is InChI=1S/C24H48O4/c1-5-6-7-8-11-14-17-22(24(2,25-3)26-4)18-15-12-9-10-13-16-19-27-20-23-21-28-23/h22-23H,5-21H2,1-4H3. The summed E-state index contributed by atoms with van der Waals surface area (Å²) in [6.45, 7) is 6.96. The summed E-state index contributed by atoms with van der Waals surface area (Å²) in [6.07, 6.45) is 18.6. The van der Waals surface area contributed by atoms with Crippen molar-refractivity contribution in [3.05, 3.63) is 0 Å². The Labute approximate surface area is 175 Å². The molecule has 0 aromatic heterocycles. The van der Waals surface area contributed by atoms with Crippen LogP contribution >= 0.6 is 0 Å². The minimum absolute atomic E-state index is 0.397. The highest BCUT2D eigenvalue weighted by Crippen LogP contribution is 2.32. The fourth-order valence-corrected chi connectivity index (χ4v) is 3.94. The molecular formula is C24H48O4. The molecule has 4 nitrogen and oxygen atoms in total. The number of unbranched alkanes of at least 4 members (excludes halogenated alkanes) is 10. The van der Waals surface area contributed by atoms with Crippen molar-refractivity contribution in [3.8, 4) is 0 Å². The number of ether oxygens (including phenoxy) is 4. The normalized spacial score (nSPS) is 17.8. The van der Waals surface area contributed by atoms with Crippen LogP contribution in [0.15, 0.2) is 0 Å². The van der Waals surface area contributed by atoms with Gasteiger partial charge in [0.2, 0.25) is 0 Å². The molecule has 1 aliphatic heterocycles. The van der Waals surface area contributed by atoms with E-state index in [1.807, 2.05) is 0 Å². The van der Waals surface area contributed by atoms with E-state index in [2.05, 4.69) is 13.8 Å². The molecule has 0 aromatic carbocycles. The van der Waals surface area contributed by atoms with E-state index in [1.54, 1.807) is 14.2 Å². The molecule has 1 heterocycles. The van der Waals surface area contributed by atoms with Gasteiger partial charge in [0.15, 0.2) is 5.79 Å². The molecule has 2 atom stereocenters. The second-order valence-corrected chi connectivity index (χ2v) is 8.62. The van der Waals surface area contributed by atoms with Crippen LogP contribution in [-0.2, 0) is 18.9 Å². The zero-order valence-electron chi connectivity index (χ0n) is 19.3. The van der Waals surface area contributed by atoms with E-state index in [0.29, 0.717) is 12.0 Å². The zero-order valence-corrected chi connectivity index (χ0v) is 19.3. The Balaban J connectivity index is 2.08. The molecule has 0 radical (unpaired) electrons. The first-order valence-electron chi connectivity index (χ1n) is 12.0. The summed E-state index contributed by atoms with van der Waals surface area (Å²) < 4.78 is 22.2. The van der Waals surface area contributed by atoms with Crippen LogP contribution in [0.1, 0.15) is 104 Å². The highest BCUT2D eigenvalue weighted by molar-refractivity contribution is 4.75. The lowest BCUT2D eigenvalue weighted by atomic mass is 9.87. The van der Waals surface area contributed by atoms with E-state index in [-0.39, 0.29) is 0 Å². The van der Waals surface area contributed by atoms with Crippen LogP contribution in [0.25, 0.3) is 0 Å². The molecule has 28 heavy (non-hydrogen) atoms. The van der Waals surface area contributed by atoms with Gasteiger partial charge < -0.3 is 18.9 Å². The van der Waals surface area contributed by atoms with E-state index < -0.39 is 5.79 Å². The smallest absolute Gasteiger partial charge is 0.167 e. The van der Waals surface area contributed by atoms with Crippen LogP contribution < -0.4 is 0 Å². The summed E-state index contributed by atoms with van der Waals surface area (Å²) >= 11 is 0. The topological polar surface area (TPSA) is 40.2 Å². The highest BCUT2D eigenvalue weighted by Gasteiger charge is 2.33. The van der Waals surface area contributed by atoms with E-state index in [4.69, 9.17) is 18.9 Å². The van der Waals surface area contributed by atoms with Crippen molar-refractivity contribution in [2.24, 2.45) is 5.92 Å². The molecule has 4 heteroatoms. The van der Waals surface area contributed by atoms with Crippen molar-refractivity contribution >= 4 is 0 Å². The molecule has 0 aliphatic carbocycles. The second-order valence-electron chi connectivity index (χ2n) is 8.62. The predicted molar refractivity (Wildman–Crippen MR) is 117 cm³/mol. The SMILES string of the molecule is CCCCCCCCC(CCCCCCCCOCC1CO1)C(C)(OC)OC. The van der Waals surface area contributed by atoms with Gasteiger partial charge in [0.05, 0.1) is 13.2 Å². The van der Waals surface area contributed by atoms with Gasteiger partial charge in [0.1, 0.15) is 6.10 Å².